The number of hydrogen-bond acceptors (Lipinski definition) is 3. The first-order valence-corrected chi connectivity index (χ1v) is 9.26. The van der Waals surface area contributed by atoms with Crippen LogP contribution in [0.25, 0.3) is 5.57 Å². The van der Waals surface area contributed by atoms with Crippen molar-refractivity contribution in [1.29, 1.82) is 0 Å². The van der Waals surface area contributed by atoms with Gasteiger partial charge in [-0.15, -0.1) is 0 Å². The molecule has 0 spiro atoms. The fourth-order valence-electron chi connectivity index (χ4n) is 2.95. The van der Waals surface area contributed by atoms with Gasteiger partial charge >= 0.3 is 12.1 Å². The van der Waals surface area contributed by atoms with Gasteiger partial charge < -0.3 is 14.6 Å². The van der Waals surface area contributed by atoms with Gasteiger partial charge in [-0.3, -0.25) is 0 Å². The minimum atomic E-state index is -4.42. The van der Waals surface area contributed by atoms with E-state index in [1.54, 1.807) is 30.3 Å². The molecule has 1 aliphatic heterocycles. The molecular formula is C23H21F3O4. The third-order valence-corrected chi connectivity index (χ3v) is 4.68. The van der Waals surface area contributed by atoms with Gasteiger partial charge in [-0.05, 0) is 41.0 Å². The predicted octanol–water partition coefficient (Wildman–Crippen LogP) is 5.19. The van der Waals surface area contributed by atoms with E-state index < -0.39 is 17.7 Å². The molecule has 1 aliphatic rings. The molecule has 1 N–H and O–H groups in total. The van der Waals surface area contributed by atoms with Crippen LogP contribution in [0, 0.1) is 5.41 Å². The van der Waals surface area contributed by atoms with E-state index in [9.17, 15) is 18.0 Å². The number of carboxylic acids is 1. The molecule has 158 valence electrons. The molecule has 0 radical (unpaired) electrons. The zero-order valence-corrected chi connectivity index (χ0v) is 16.3. The molecule has 0 amide bonds. The van der Waals surface area contributed by atoms with Gasteiger partial charge in [0.05, 0.1) is 25.4 Å². The third kappa shape index (κ3) is 5.51. The highest BCUT2D eigenvalue weighted by atomic mass is 19.4. The Hall–Kier alpha value is -3.06. The maximum atomic E-state index is 12.9. The average Bonchev–Trinajstić information content (AvgIpc) is 2.68. The highest BCUT2D eigenvalue weighted by molar-refractivity contribution is 5.84. The number of alkyl halides is 3. The Morgan fingerprint density at radius 3 is 2.13 bits per heavy atom. The Morgan fingerprint density at radius 1 is 1.10 bits per heavy atom. The second-order valence-electron chi connectivity index (χ2n) is 7.47. The Bertz CT molecular complexity index is 938. The number of carbonyl (C=O) groups is 1. The highest BCUT2D eigenvalue weighted by Gasteiger charge is 2.34. The number of rotatable bonds is 7. The number of aliphatic carboxylic acids is 1. The quantitative estimate of drug-likeness (QED) is 0.497. The van der Waals surface area contributed by atoms with Crippen LogP contribution in [-0.2, 0) is 15.7 Å². The fraction of sp³-hybridized carbons (Fsp3) is 0.261. The van der Waals surface area contributed by atoms with Gasteiger partial charge in [0, 0.05) is 11.5 Å². The zero-order chi connectivity index (χ0) is 21.8. The summed E-state index contributed by atoms with van der Waals surface area (Å²) < 4.78 is 49.6. The highest BCUT2D eigenvalue weighted by Crippen LogP contribution is 2.32. The van der Waals surface area contributed by atoms with E-state index in [1.807, 2.05) is 0 Å². The monoisotopic (exact) mass is 418 g/mol. The van der Waals surface area contributed by atoms with Crippen LogP contribution in [0.2, 0.25) is 0 Å². The van der Waals surface area contributed by atoms with E-state index in [0.717, 1.165) is 23.8 Å². The molecule has 0 bridgehead atoms. The van der Waals surface area contributed by atoms with E-state index in [1.165, 1.54) is 18.2 Å². The van der Waals surface area contributed by atoms with Crippen molar-refractivity contribution in [3.63, 3.8) is 0 Å². The molecule has 30 heavy (non-hydrogen) atoms. The molecule has 1 fully saturated rings. The summed E-state index contributed by atoms with van der Waals surface area (Å²) in [5, 5.41) is 8.81. The third-order valence-electron chi connectivity index (χ3n) is 4.68. The molecule has 0 aromatic heterocycles. The number of halogens is 3. The number of ether oxygens (including phenoxy) is 2. The summed E-state index contributed by atoms with van der Waals surface area (Å²) >= 11 is 0. The lowest BCUT2D eigenvalue weighted by atomic mass is 9.90. The average molecular weight is 418 g/mol. The first-order chi connectivity index (χ1) is 14.2. The van der Waals surface area contributed by atoms with Crippen molar-refractivity contribution >= 4 is 11.5 Å². The van der Waals surface area contributed by atoms with Crippen LogP contribution in [-0.4, -0.2) is 30.9 Å². The van der Waals surface area contributed by atoms with Crippen molar-refractivity contribution in [2.45, 2.75) is 13.1 Å². The lowest BCUT2D eigenvalue weighted by Crippen LogP contribution is -2.44. The second kappa shape index (κ2) is 8.75. The first-order valence-electron chi connectivity index (χ1n) is 9.26. The summed E-state index contributed by atoms with van der Waals surface area (Å²) in [6, 6.07) is 11.9. The summed E-state index contributed by atoms with van der Waals surface area (Å²) in [7, 11) is 0. The SMILES string of the molecule is CC1(COc2ccc(/C(=C\C=C\C(=O)O)c3ccc(C(F)(F)F)cc3)cc2)COC1. The van der Waals surface area contributed by atoms with Crippen LogP contribution in [0.4, 0.5) is 13.2 Å². The Kier molecular flexibility index (Phi) is 6.31. The summed E-state index contributed by atoms with van der Waals surface area (Å²) in [4.78, 5) is 10.8. The van der Waals surface area contributed by atoms with Crippen molar-refractivity contribution in [3.05, 3.63) is 83.4 Å². The second-order valence-corrected chi connectivity index (χ2v) is 7.47. The van der Waals surface area contributed by atoms with Gasteiger partial charge in [0.25, 0.3) is 0 Å². The fourth-order valence-corrected chi connectivity index (χ4v) is 2.95. The van der Waals surface area contributed by atoms with Gasteiger partial charge in [-0.25, -0.2) is 4.79 Å². The number of allylic oxidation sites excluding steroid dienone is 2. The van der Waals surface area contributed by atoms with Crippen LogP contribution in [0.1, 0.15) is 23.6 Å². The van der Waals surface area contributed by atoms with Crippen molar-refractivity contribution < 1.29 is 32.5 Å². The molecular weight excluding hydrogens is 397 g/mol. The molecule has 0 unspecified atom stereocenters. The van der Waals surface area contributed by atoms with E-state index in [-0.39, 0.29) is 5.41 Å². The smallest absolute Gasteiger partial charge is 0.416 e. The Balaban J connectivity index is 1.84. The minimum absolute atomic E-state index is 0.00555. The maximum absolute atomic E-state index is 12.9. The van der Waals surface area contributed by atoms with E-state index in [2.05, 4.69) is 6.92 Å². The van der Waals surface area contributed by atoms with Gasteiger partial charge in [-0.1, -0.05) is 43.3 Å². The molecule has 0 aliphatic carbocycles. The van der Waals surface area contributed by atoms with Gasteiger partial charge in [-0.2, -0.15) is 13.2 Å². The van der Waals surface area contributed by atoms with Gasteiger partial charge in [0.1, 0.15) is 5.75 Å². The largest absolute Gasteiger partial charge is 0.493 e. The molecule has 2 aromatic carbocycles. The summed E-state index contributed by atoms with van der Waals surface area (Å²) in [6.07, 6.45) is -0.563. The normalized spacial score (nSPS) is 16.3. The predicted molar refractivity (Wildman–Crippen MR) is 106 cm³/mol. The Labute approximate surface area is 172 Å². The van der Waals surface area contributed by atoms with Crippen molar-refractivity contribution in [2.24, 2.45) is 5.41 Å². The van der Waals surface area contributed by atoms with Crippen LogP contribution in [0.3, 0.4) is 0 Å². The maximum Gasteiger partial charge on any atom is 0.416 e. The van der Waals surface area contributed by atoms with Crippen molar-refractivity contribution in [2.75, 3.05) is 19.8 Å². The zero-order valence-electron chi connectivity index (χ0n) is 16.3. The van der Waals surface area contributed by atoms with Crippen LogP contribution in [0.5, 0.6) is 5.75 Å². The summed E-state index contributed by atoms with van der Waals surface area (Å²) in [6.45, 7) is 3.91. The van der Waals surface area contributed by atoms with Gasteiger partial charge in [0.15, 0.2) is 0 Å². The molecule has 0 saturated carbocycles. The van der Waals surface area contributed by atoms with Gasteiger partial charge in [0.2, 0.25) is 0 Å². The first kappa shape index (κ1) is 21.6. The van der Waals surface area contributed by atoms with Crippen LogP contribution in [0.15, 0.2) is 66.8 Å². The van der Waals surface area contributed by atoms with Crippen LogP contribution < -0.4 is 4.74 Å². The molecule has 1 saturated heterocycles. The summed E-state index contributed by atoms with van der Waals surface area (Å²) in [5.74, 6) is -0.449. The molecule has 4 nitrogen and oxygen atoms in total. The number of carboxylic acid groups (broad SMARTS) is 1. The van der Waals surface area contributed by atoms with E-state index in [0.29, 0.717) is 36.7 Å². The standard InChI is InChI=1S/C23H21F3O4/c1-22(13-29-14-22)15-30-19-11-7-17(8-12-19)20(3-2-4-21(27)28)16-5-9-18(10-6-16)23(24,25)26/h2-12H,13-15H2,1H3,(H,27,28)/b4-2+,20-3-. The molecule has 2 aromatic rings. The van der Waals surface area contributed by atoms with Crippen molar-refractivity contribution in [3.8, 4) is 5.75 Å². The lowest BCUT2D eigenvalue weighted by Gasteiger charge is -2.37. The van der Waals surface area contributed by atoms with Crippen LogP contribution >= 0.6 is 0 Å². The minimum Gasteiger partial charge on any atom is -0.493 e. The lowest BCUT2D eigenvalue weighted by molar-refractivity contribution is -0.137. The molecule has 1 heterocycles. The van der Waals surface area contributed by atoms with E-state index in [4.69, 9.17) is 14.6 Å². The molecule has 0 atom stereocenters. The number of hydrogen-bond donors (Lipinski definition) is 1. The number of benzene rings is 2. The molecule has 7 heteroatoms. The summed E-state index contributed by atoms with van der Waals surface area (Å²) in [5.41, 5.74) is 1.10. The Morgan fingerprint density at radius 2 is 1.67 bits per heavy atom. The topological polar surface area (TPSA) is 55.8 Å². The van der Waals surface area contributed by atoms with Crippen molar-refractivity contribution in [1.82, 2.24) is 0 Å². The molecule has 3 rings (SSSR count). The van der Waals surface area contributed by atoms with E-state index >= 15 is 0 Å².